The summed E-state index contributed by atoms with van der Waals surface area (Å²) in [6.45, 7) is 0. The number of nitro benzene ring substituents is 1. The Kier molecular flexibility index (Phi) is 4.50. The molecule has 3 rings (SSSR count). The van der Waals surface area contributed by atoms with Crippen LogP contribution in [0.1, 0.15) is 0 Å². The number of nitro groups is 1. The molecule has 0 fully saturated rings. The Morgan fingerprint density at radius 3 is 2.44 bits per heavy atom. The van der Waals surface area contributed by atoms with Crippen LogP contribution < -0.4 is 10.2 Å². The number of phenols is 1. The lowest BCUT2D eigenvalue weighted by molar-refractivity contribution is -0.384. The molecular formula is C19H20N5O3+. The molecule has 0 saturated carbocycles. The Labute approximate surface area is 155 Å². The molecule has 0 saturated heterocycles. The summed E-state index contributed by atoms with van der Waals surface area (Å²) in [5, 5.41) is 31.1. The third-order valence-corrected chi connectivity index (χ3v) is 4.15. The number of anilines is 1. The summed E-state index contributed by atoms with van der Waals surface area (Å²) >= 11 is 0. The van der Waals surface area contributed by atoms with E-state index in [9.17, 15) is 15.2 Å². The van der Waals surface area contributed by atoms with Crippen LogP contribution in [0.3, 0.4) is 0 Å². The van der Waals surface area contributed by atoms with E-state index in [0.29, 0.717) is 21.2 Å². The van der Waals surface area contributed by atoms with Gasteiger partial charge in [0.05, 0.1) is 37.1 Å². The molecule has 8 nitrogen and oxygen atoms in total. The van der Waals surface area contributed by atoms with Crippen molar-refractivity contribution in [3.05, 3.63) is 58.6 Å². The first kappa shape index (κ1) is 18.3. The zero-order chi connectivity index (χ0) is 19.8. The van der Waals surface area contributed by atoms with Gasteiger partial charge in [0.25, 0.3) is 5.69 Å². The highest BCUT2D eigenvalue weighted by molar-refractivity contribution is 6.09. The lowest BCUT2D eigenvalue weighted by atomic mass is 10.0. The van der Waals surface area contributed by atoms with Crippen molar-refractivity contribution < 1.29 is 10.0 Å². The van der Waals surface area contributed by atoms with Gasteiger partial charge in [0, 0.05) is 29.3 Å². The standard InChI is InChI=1S/C19H19N5O3/c1-24(2,3)16-9-5-8-14-15(20)11-17(25)19(18(14)16)22-21-12-6-4-7-13(10-12)23(26)27/h4-11H,1-3H3,(H2-,20,21,25)/p+1. The summed E-state index contributed by atoms with van der Waals surface area (Å²) < 4.78 is 0.486. The van der Waals surface area contributed by atoms with E-state index in [0.717, 1.165) is 11.1 Å². The van der Waals surface area contributed by atoms with Gasteiger partial charge in [0.1, 0.15) is 17.1 Å². The largest absolute Gasteiger partial charge is 0.506 e. The highest BCUT2D eigenvalue weighted by atomic mass is 16.6. The second-order valence-electron chi connectivity index (χ2n) is 7.02. The third-order valence-electron chi connectivity index (χ3n) is 4.15. The van der Waals surface area contributed by atoms with Crippen LogP contribution in [0, 0.1) is 10.1 Å². The normalized spacial score (nSPS) is 12.0. The minimum Gasteiger partial charge on any atom is -0.506 e. The van der Waals surface area contributed by atoms with Crippen LogP contribution in [0.25, 0.3) is 10.8 Å². The van der Waals surface area contributed by atoms with Crippen molar-refractivity contribution in [2.45, 2.75) is 0 Å². The second kappa shape index (κ2) is 6.65. The van der Waals surface area contributed by atoms with Gasteiger partial charge in [-0.15, -0.1) is 5.11 Å². The number of fused-ring (bicyclic) bond motifs is 1. The van der Waals surface area contributed by atoms with Crippen LogP contribution in [0.5, 0.6) is 5.75 Å². The average Bonchev–Trinajstić information content (AvgIpc) is 2.60. The van der Waals surface area contributed by atoms with Crippen molar-refractivity contribution in [2.75, 3.05) is 26.9 Å². The Bertz CT molecular complexity index is 1070. The molecule has 0 bridgehead atoms. The van der Waals surface area contributed by atoms with Crippen LogP contribution in [0.15, 0.2) is 58.8 Å². The number of aromatic hydroxyl groups is 1. The van der Waals surface area contributed by atoms with E-state index in [1.807, 2.05) is 39.3 Å². The first-order valence-electron chi connectivity index (χ1n) is 8.21. The fourth-order valence-electron chi connectivity index (χ4n) is 2.89. The summed E-state index contributed by atoms with van der Waals surface area (Å²) in [6, 6.07) is 13.0. The van der Waals surface area contributed by atoms with Crippen molar-refractivity contribution in [3.8, 4) is 5.75 Å². The first-order chi connectivity index (χ1) is 12.7. The maximum Gasteiger partial charge on any atom is 0.271 e. The summed E-state index contributed by atoms with van der Waals surface area (Å²) in [4.78, 5) is 10.4. The van der Waals surface area contributed by atoms with Gasteiger partial charge in [-0.3, -0.25) is 14.6 Å². The number of phenolic OH excluding ortho intramolecular Hbond substituents is 1. The number of benzene rings is 3. The van der Waals surface area contributed by atoms with Gasteiger partial charge in [-0.25, -0.2) is 0 Å². The zero-order valence-corrected chi connectivity index (χ0v) is 15.2. The smallest absolute Gasteiger partial charge is 0.271 e. The van der Waals surface area contributed by atoms with Crippen LogP contribution in [0.4, 0.5) is 28.4 Å². The van der Waals surface area contributed by atoms with Crippen LogP contribution in [-0.4, -0.2) is 31.2 Å². The maximum absolute atomic E-state index is 10.9. The molecule has 0 amide bonds. The molecular weight excluding hydrogens is 346 g/mol. The SMILES string of the molecule is C[N+](C)(C)c1cccc2c(N)cc(O)c(N=Nc3cccc([N+](=O)[O-])c3)c12. The number of hydrogen-bond acceptors (Lipinski definition) is 6. The number of nitrogens with two attached hydrogens (primary N) is 1. The highest BCUT2D eigenvalue weighted by Gasteiger charge is 2.22. The molecule has 3 aromatic rings. The second-order valence-corrected chi connectivity index (χ2v) is 7.02. The molecule has 138 valence electrons. The van der Waals surface area contributed by atoms with E-state index in [4.69, 9.17) is 5.73 Å². The predicted octanol–water partition coefficient (Wildman–Crippen LogP) is 4.65. The summed E-state index contributed by atoms with van der Waals surface area (Å²) in [5.41, 5.74) is 7.94. The van der Waals surface area contributed by atoms with Crippen molar-refractivity contribution in [1.82, 2.24) is 4.48 Å². The lowest BCUT2D eigenvalue weighted by Crippen LogP contribution is -2.34. The fourth-order valence-corrected chi connectivity index (χ4v) is 2.89. The Morgan fingerprint density at radius 2 is 1.78 bits per heavy atom. The molecule has 0 aromatic heterocycles. The van der Waals surface area contributed by atoms with Crippen LogP contribution in [0.2, 0.25) is 0 Å². The topological polar surface area (TPSA) is 114 Å². The fraction of sp³-hybridized carbons (Fsp3) is 0.158. The lowest BCUT2D eigenvalue weighted by Gasteiger charge is -2.25. The monoisotopic (exact) mass is 366 g/mol. The Hall–Kier alpha value is -3.52. The van der Waals surface area contributed by atoms with E-state index in [1.165, 1.54) is 24.3 Å². The number of hydrogen-bond donors (Lipinski definition) is 2. The molecule has 3 aromatic carbocycles. The molecule has 8 heteroatoms. The van der Waals surface area contributed by atoms with E-state index >= 15 is 0 Å². The molecule has 0 atom stereocenters. The van der Waals surface area contributed by atoms with Gasteiger partial charge >= 0.3 is 0 Å². The van der Waals surface area contributed by atoms with Gasteiger partial charge in [-0.1, -0.05) is 18.2 Å². The van der Waals surface area contributed by atoms with Crippen molar-refractivity contribution in [1.29, 1.82) is 0 Å². The Morgan fingerprint density at radius 1 is 1.07 bits per heavy atom. The van der Waals surface area contributed by atoms with Gasteiger partial charge in [0.2, 0.25) is 0 Å². The summed E-state index contributed by atoms with van der Waals surface area (Å²) in [5.74, 6) is -0.102. The minimum absolute atomic E-state index is 0.0788. The number of nitrogens with zero attached hydrogens (tertiary/aromatic N) is 4. The first-order valence-corrected chi connectivity index (χ1v) is 8.21. The van der Waals surface area contributed by atoms with Gasteiger partial charge < -0.3 is 10.8 Å². The van der Waals surface area contributed by atoms with Gasteiger partial charge in [-0.2, -0.15) is 5.11 Å². The van der Waals surface area contributed by atoms with Gasteiger partial charge in [-0.05, 0) is 12.1 Å². The van der Waals surface area contributed by atoms with Crippen molar-refractivity contribution >= 4 is 39.2 Å². The molecule has 0 unspecified atom stereocenters. The summed E-state index contributed by atoms with van der Waals surface area (Å²) in [6.07, 6.45) is 0. The molecule has 0 heterocycles. The minimum atomic E-state index is -0.496. The number of nitrogen functional groups attached to an aromatic ring is 1. The van der Waals surface area contributed by atoms with Crippen molar-refractivity contribution in [3.63, 3.8) is 0 Å². The number of rotatable bonds is 4. The van der Waals surface area contributed by atoms with E-state index in [-0.39, 0.29) is 17.1 Å². The zero-order valence-electron chi connectivity index (χ0n) is 15.2. The molecule has 0 aliphatic rings. The van der Waals surface area contributed by atoms with Crippen LogP contribution >= 0.6 is 0 Å². The summed E-state index contributed by atoms with van der Waals surface area (Å²) in [7, 11) is 5.99. The molecule has 0 aliphatic heterocycles. The highest BCUT2D eigenvalue weighted by Crippen LogP contribution is 2.44. The molecule has 0 aliphatic carbocycles. The number of quaternary nitrogens is 1. The van der Waals surface area contributed by atoms with E-state index in [2.05, 4.69) is 10.2 Å². The van der Waals surface area contributed by atoms with E-state index < -0.39 is 4.92 Å². The Balaban J connectivity index is 2.22. The molecule has 0 radical (unpaired) electrons. The predicted molar refractivity (Wildman–Crippen MR) is 107 cm³/mol. The average molecular weight is 366 g/mol. The van der Waals surface area contributed by atoms with Crippen molar-refractivity contribution in [2.24, 2.45) is 10.2 Å². The molecule has 27 heavy (non-hydrogen) atoms. The third kappa shape index (κ3) is 3.56. The molecule has 0 spiro atoms. The van der Waals surface area contributed by atoms with Gasteiger partial charge in [0.15, 0.2) is 0 Å². The quantitative estimate of drug-likeness (QED) is 0.230. The number of azo groups is 1. The number of non-ortho nitro benzene ring substituents is 1. The van der Waals surface area contributed by atoms with E-state index in [1.54, 1.807) is 6.07 Å². The maximum atomic E-state index is 10.9. The van der Waals surface area contributed by atoms with Crippen LogP contribution in [-0.2, 0) is 0 Å². The molecule has 3 N–H and O–H groups in total.